The summed E-state index contributed by atoms with van der Waals surface area (Å²) in [4.78, 5) is 26.5. The lowest BCUT2D eigenvalue weighted by atomic mass is 10.2. The van der Waals surface area contributed by atoms with Gasteiger partial charge in [-0.05, 0) is 45.6 Å². The third kappa shape index (κ3) is 3.55. The normalized spacial score (nSPS) is 10.6. The lowest BCUT2D eigenvalue weighted by Gasteiger charge is -2.00. The average Bonchev–Trinajstić information content (AvgIpc) is 3.25. The van der Waals surface area contributed by atoms with Crippen LogP contribution in [0.25, 0.3) is 0 Å². The Morgan fingerprint density at radius 3 is 2.68 bits per heavy atom. The van der Waals surface area contributed by atoms with Crippen molar-refractivity contribution in [1.82, 2.24) is 5.32 Å². The highest BCUT2D eigenvalue weighted by Gasteiger charge is 2.13. The van der Waals surface area contributed by atoms with Crippen LogP contribution in [-0.4, -0.2) is 11.7 Å². The van der Waals surface area contributed by atoms with Crippen LogP contribution in [0.5, 0.6) is 0 Å². The Bertz CT molecular complexity index is 804. The standard InChI is InChI=1S/C15H10BrNO2S3/c16-10-5-13(21-8-10)15(19)17-6-11-1-2-12(22-11)14(18)9-3-4-20-7-9/h1-5,7-8H,6H2,(H,17,19). The van der Waals surface area contributed by atoms with Crippen molar-refractivity contribution >= 4 is 61.6 Å². The highest BCUT2D eigenvalue weighted by molar-refractivity contribution is 9.10. The molecule has 0 saturated carbocycles. The van der Waals surface area contributed by atoms with Crippen LogP contribution in [0.2, 0.25) is 0 Å². The highest BCUT2D eigenvalue weighted by Crippen LogP contribution is 2.22. The van der Waals surface area contributed by atoms with E-state index in [2.05, 4.69) is 21.2 Å². The van der Waals surface area contributed by atoms with Gasteiger partial charge in [0.1, 0.15) is 0 Å². The molecule has 7 heteroatoms. The second-order valence-electron chi connectivity index (χ2n) is 4.42. The number of halogens is 1. The van der Waals surface area contributed by atoms with E-state index in [9.17, 15) is 9.59 Å². The average molecular weight is 412 g/mol. The molecule has 0 unspecified atom stereocenters. The number of hydrogen-bond acceptors (Lipinski definition) is 5. The Balaban J connectivity index is 1.62. The summed E-state index contributed by atoms with van der Waals surface area (Å²) < 4.78 is 0.905. The first-order valence-electron chi connectivity index (χ1n) is 6.31. The van der Waals surface area contributed by atoms with E-state index in [0.29, 0.717) is 21.9 Å². The quantitative estimate of drug-likeness (QED) is 0.613. The second-order valence-corrected chi connectivity index (χ2v) is 8.19. The number of carbonyl (C=O) groups excluding carboxylic acids is 2. The summed E-state index contributed by atoms with van der Waals surface area (Å²) in [5, 5.41) is 8.48. The van der Waals surface area contributed by atoms with E-state index in [1.54, 1.807) is 6.07 Å². The van der Waals surface area contributed by atoms with Gasteiger partial charge in [0.2, 0.25) is 5.78 Å². The van der Waals surface area contributed by atoms with Gasteiger partial charge in [0.15, 0.2) is 0 Å². The molecule has 0 radical (unpaired) electrons. The van der Waals surface area contributed by atoms with Crippen molar-refractivity contribution in [1.29, 1.82) is 0 Å². The van der Waals surface area contributed by atoms with Gasteiger partial charge < -0.3 is 5.32 Å². The molecule has 0 aliphatic heterocycles. The van der Waals surface area contributed by atoms with Crippen LogP contribution in [0.15, 0.2) is 44.9 Å². The van der Waals surface area contributed by atoms with Gasteiger partial charge in [-0.25, -0.2) is 0 Å². The molecule has 3 nitrogen and oxygen atoms in total. The topological polar surface area (TPSA) is 46.2 Å². The molecule has 0 spiro atoms. The van der Waals surface area contributed by atoms with Crippen molar-refractivity contribution in [3.05, 3.63) is 65.1 Å². The maximum Gasteiger partial charge on any atom is 0.261 e. The van der Waals surface area contributed by atoms with Crippen LogP contribution in [0, 0.1) is 0 Å². The van der Waals surface area contributed by atoms with Crippen molar-refractivity contribution in [2.75, 3.05) is 0 Å². The first kappa shape index (κ1) is 15.6. The van der Waals surface area contributed by atoms with Gasteiger partial charge in [-0.1, -0.05) is 0 Å². The summed E-state index contributed by atoms with van der Waals surface area (Å²) in [6, 6.07) is 7.31. The molecule has 3 aromatic heterocycles. The number of nitrogens with one attached hydrogen (secondary N) is 1. The van der Waals surface area contributed by atoms with E-state index in [1.165, 1.54) is 34.0 Å². The zero-order chi connectivity index (χ0) is 15.5. The highest BCUT2D eigenvalue weighted by atomic mass is 79.9. The lowest BCUT2D eigenvalue weighted by Crippen LogP contribution is -2.21. The minimum Gasteiger partial charge on any atom is -0.346 e. The molecule has 0 atom stereocenters. The van der Waals surface area contributed by atoms with Crippen molar-refractivity contribution in [2.45, 2.75) is 6.54 Å². The largest absolute Gasteiger partial charge is 0.346 e. The van der Waals surface area contributed by atoms with Gasteiger partial charge in [0.05, 0.1) is 16.3 Å². The van der Waals surface area contributed by atoms with E-state index in [-0.39, 0.29) is 11.7 Å². The van der Waals surface area contributed by atoms with Crippen molar-refractivity contribution in [3.8, 4) is 0 Å². The maximum atomic E-state index is 12.2. The number of carbonyl (C=O) groups is 2. The number of hydrogen-bond donors (Lipinski definition) is 1. The Morgan fingerprint density at radius 1 is 1.14 bits per heavy atom. The summed E-state index contributed by atoms with van der Waals surface area (Å²) in [7, 11) is 0. The number of ketones is 1. The molecule has 1 amide bonds. The SMILES string of the molecule is O=C(NCc1ccc(C(=O)c2ccsc2)s1)c1cc(Br)cs1. The molecule has 3 heterocycles. The van der Waals surface area contributed by atoms with E-state index in [4.69, 9.17) is 0 Å². The van der Waals surface area contributed by atoms with Crippen LogP contribution in [-0.2, 0) is 6.54 Å². The van der Waals surface area contributed by atoms with Gasteiger partial charge in [-0.15, -0.1) is 22.7 Å². The molecule has 3 rings (SSSR count). The summed E-state index contributed by atoms with van der Waals surface area (Å²) in [5.41, 5.74) is 0.714. The molecule has 0 bridgehead atoms. The molecular formula is C15H10BrNO2S3. The monoisotopic (exact) mass is 411 g/mol. The summed E-state index contributed by atoms with van der Waals surface area (Å²) in [6.45, 7) is 0.427. The zero-order valence-electron chi connectivity index (χ0n) is 11.2. The van der Waals surface area contributed by atoms with Gasteiger partial charge in [-0.3, -0.25) is 9.59 Å². The van der Waals surface area contributed by atoms with E-state index in [1.807, 2.05) is 34.3 Å². The molecular weight excluding hydrogens is 402 g/mol. The van der Waals surface area contributed by atoms with E-state index >= 15 is 0 Å². The third-order valence-electron chi connectivity index (χ3n) is 2.88. The smallest absolute Gasteiger partial charge is 0.261 e. The van der Waals surface area contributed by atoms with Gasteiger partial charge in [0.25, 0.3) is 5.91 Å². The molecule has 22 heavy (non-hydrogen) atoms. The van der Waals surface area contributed by atoms with Gasteiger partial charge in [-0.2, -0.15) is 11.3 Å². The summed E-state index contributed by atoms with van der Waals surface area (Å²) in [6.07, 6.45) is 0. The predicted octanol–water partition coefficient (Wildman–Crippen LogP) is 4.79. The fourth-order valence-corrected chi connectivity index (χ4v) is 4.71. The van der Waals surface area contributed by atoms with Crippen LogP contribution >= 0.6 is 49.9 Å². The number of amides is 1. The minimum atomic E-state index is -0.102. The Labute approximate surface area is 147 Å². The van der Waals surface area contributed by atoms with Crippen LogP contribution in [0.3, 0.4) is 0 Å². The van der Waals surface area contributed by atoms with Crippen molar-refractivity contribution in [3.63, 3.8) is 0 Å². The molecule has 3 aromatic rings. The lowest BCUT2D eigenvalue weighted by molar-refractivity contribution is 0.0954. The maximum absolute atomic E-state index is 12.2. The van der Waals surface area contributed by atoms with Crippen LogP contribution in [0.4, 0.5) is 0 Å². The fraction of sp³-hybridized carbons (Fsp3) is 0.0667. The van der Waals surface area contributed by atoms with E-state index < -0.39 is 0 Å². The minimum absolute atomic E-state index is 0.0333. The fourth-order valence-electron chi connectivity index (χ4n) is 1.82. The summed E-state index contributed by atoms with van der Waals surface area (Å²) >= 11 is 7.65. The molecule has 0 aromatic carbocycles. The number of rotatable bonds is 5. The zero-order valence-corrected chi connectivity index (χ0v) is 15.2. The molecule has 0 aliphatic carbocycles. The Hall–Kier alpha value is -1.28. The number of thiophene rings is 3. The molecule has 112 valence electrons. The first-order chi connectivity index (χ1) is 10.6. The van der Waals surface area contributed by atoms with Crippen LogP contribution < -0.4 is 5.32 Å². The molecule has 0 fully saturated rings. The Kier molecular flexibility index (Phi) is 4.87. The van der Waals surface area contributed by atoms with Crippen LogP contribution in [0.1, 0.15) is 29.8 Å². The van der Waals surface area contributed by atoms with Gasteiger partial charge in [0, 0.05) is 25.7 Å². The molecule has 0 aliphatic rings. The second kappa shape index (κ2) is 6.87. The van der Waals surface area contributed by atoms with E-state index in [0.717, 1.165) is 9.35 Å². The van der Waals surface area contributed by atoms with Crippen molar-refractivity contribution < 1.29 is 9.59 Å². The van der Waals surface area contributed by atoms with Crippen molar-refractivity contribution in [2.24, 2.45) is 0 Å². The summed E-state index contributed by atoms with van der Waals surface area (Å²) in [5.74, 6) is -0.0687. The third-order valence-corrected chi connectivity index (χ3v) is 6.34. The predicted molar refractivity (Wildman–Crippen MR) is 95.3 cm³/mol. The van der Waals surface area contributed by atoms with Gasteiger partial charge >= 0.3 is 0 Å². The Morgan fingerprint density at radius 2 is 2.00 bits per heavy atom. The first-order valence-corrected chi connectivity index (χ1v) is 9.74. The molecule has 0 saturated heterocycles. The molecule has 1 N–H and O–H groups in total.